The van der Waals surface area contributed by atoms with Crippen molar-refractivity contribution in [1.82, 2.24) is 0 Å². The van der Waals surface area contributed by atoms with Crippen LogP contribution in [-0.4, -0.2) is 20.7 Å². The van der Waals surface area contributed by atoms with Gasteiger partial charge in [-0.2, -0.15) is 0 Å². The molecule has 0 saturated heterocycles. The van der Waals surface area contributed by atoms with Crippen LogP contribution in [0.5, 0.6) is 0 Å². The van der Waals surface area contributed by atoms with Crippen molar-refractivity contribution >= 4 is 16.5 Å². The van der Waals surface area contributed by atoms with E-state index in [0.29, 0.717) is 5.56 Å². The first-order valence-electron chi connectivity index (χ1n) is 3.63. The maximum absolute atomic E-state index is 11.0. The monoisotopic (exact) mass is 199 g/mol. The Morgan fingerprint density at radius 2 is 1.77 bits per heavy atom. The average molecular weight is 199 g/mol. The van der Waals surface area contributed by atoms with Crippen LogP contribution >= 0.6 is 0 Å². The number of benzene rings is 1. The highest BCUT2D eigenvalue weighted by molar-refractivity contribution is 7.72. The van der Waals surface area contributed by atoms with E-state index in [1.54, 1.807) is 0 Å². The Hall–Kier alpha value is -1.20. The third-order valence-electron chi connectivity index (χ3n) is 1.59. The maximum atomic E-state index is 11.0. The molecular formula is C8H9NO3S. The van der Waals surface area contributed by atoms with Crippen molar-refractivity contribution in [3.05, 3.63) is 29.8 Å². The van der Waals surface area contributed by atoms with Crippen LogP contribution in [0.25, 0.3) is 0 Å². The van der Waals surface area contributed by atoms with E-state index in [1.807, 2.05) is 0 Å². The molecule has 1 aromatic carbocycles. The van der Waals surface area contributed by atoms with E-state index in [4.69, 9.17) is 5.73 Å². The van der Waals surface area contributed by atoms with Crippen LogP contribution in [0.4, 0.5) is 0 Å². The number of hydrogen-bond donors (Lipinski definition) is 2. The molecule has 4 nitrogen and oxygen atoms in total. The molecule has 5 heteroatoms. The van der Waals surface area contributed by atoms with E-state index in [9.17, 15) is 13.2 Å². The lowest BCUT2D eigenvalue weighted by molar-refractivity contribution is 0.100. The van der Waals surface area contributed by atoms with Gasteiger partial charge in [-0.05, 0) is 12.1 Å². The predicted octanol–water partition coefficient (Wildman–Crippen LogP) is -0.202. The van der Waals surface area contributed by atoms with Gasteiger partial charge in [-0.25, -0.2) is 8.42 Å². The molecule has 1 aromatic rings. The van der Waals surface area contributed by atoms with Gasteiger partial charge in [0.15, 0.2) is 16.5 Å². The molecule has 0 unspecified atom stereocenters. The Labute approximate surface area is 77.3 Å². The minimum atomic E-state index is -2.57. The Balaban J connectivity index is 3.00. The molecule has 0 aliphatic heterocycles. The summed E-state index contributed by atoms with van der Waals surface area (Å²) >= 11 is 0. The molecule has 70 valence electrons. The molecule has 0 bridgehead atoms. The fourth-order valence-electron chi connectivity index (χ4n) is 0.887. The molecule has 0 heterocycles. The predicted molar refractivity (Wildman–Crippen MR) is 48.4 cm³/mol. The molecule has 13 heavy (non-hydrogen) atoms. The molecule has 0 spiro atoms. The van der Waals surface area contributed by atoms with Crippen molar-refractivity contribution in [2.24, 2.45) is 5.73 Å². The SMILES string of the molecule is NCC(=O)c1ccc([SH](=O)=O)cc1. The van der Waals surface area contributed by atoms with Gasteiger partial charge in [0.2, 0.25) is 0 Å². The second-order valence-electron chi connectivity index (χ2n) is 2.43. The summed E-state index contributed by atoms with van der Waals surface area (Å²) in [5.74, 6) is -0.201. The Bertz CT molecular complexity index is 373. The number of ketones is 1. The summed E-state index contributed by atoms with van der Waals surface area (Å²) in [6, 6.07) is 5.68. The number of carbonyl (C=O) groups excluding carboxylic acids is 1. The first-order valence-corrected chi connectivity index (χ1v) is 4.80. The van der Waals surface area contributed by atoms with Crippen molar-refractivity contribution in [3.63, 3.8) is 0 Å². The summed E-state index contributed by atoms with van der Waals surface area (Å²) in [6.45, 7) is -0.0666. The van der Waals surface area contributed by atoms with Gasteiger partial charge in [-0.1, -0.05) is 12.1 Å². The lowest BCUT2D eigenvalue weighted by Gasteiger charge is -1.96. The van der Waals surface area contributed by atoms with E-state index >= 15 is 0 Å². The number of thiol groups is 1. The third kappa shape index (κ3) is 2.37. The van der Waals surface area contributed by atoms with Crippen LogP contribution < -0.4 is 5.73 Å². The molecule has 0 amide bonds. The first-order chi connectivity index (χ1) is 6.15. The molecule has 0 aliphatic rings. The van der Waals surface area contributed by atoms with Crippen molar-refractivity contribution in [3.8, 4) is 0 Å². The quantitative estimate of drug-likeness (QED) is 0.522. The summed E-state index contributed by atoms with van der Waals surface area (Å²) in [5.41, 5.74) is 5.57. The molecule has 2 N–H and O–H groups in total. The zero-order valence-corrected chi connectivity index (χ0v) is 7.66. The number of nitrogens with two attached hydrogens (primary N) is 1. The minimum absolute atomic E-state index is 0.0666. The van der Waals surface area contributed by atoms with E-state index in [-0.39, 0.29) is 17.2 Å². The van der Waals surface area contributed by atoms with Gasteiger partial charge in [-0.15, -0.1) is 0 Å². The lowest BCUT2D eigenvalue weighted by Crippen LogP contribution is -2.13. The summed E-state index contributed by atoms with van der Waals surface area (Å²) < 4.78 is 21.0. The van der Waals surface area contributed by atoms with E-state index in [2.05, 4.69) is 0 Å². The topological polar surface area (TPSA) is 77.2 Å². The highest BCUT2D eigenvalue weighted by atomic mass is 32.2. The van der Waals surface area contributed by atoms with Gasteiger partial charge in [0, 0.05) is 5.56 Å². The normalized spacial score (nSPS) is 10.3. The molecule has 0 aliphatic carbocycles. The van der Waals surface area contributed by atoms with Crippen LogP contribution in [0.3, 0.4) is 0 Å². The minimum Gasteiger partial charge on any atom is -0.324 e. The number of rotatable bonds is 3. The van der Waals surface area contributed by atoms with Crippen LogP contribution in [0.1, 0.15) is 10.4 Å². The second kappa shape index (κ2) is 4.15. The van der Waals surface area contributed by atoms with Crippen LogP contribution in [-0.2, 0) is 10.7 Å². The fourth-order valence-corrected chi connectivity index (χ4v) is 1.28. The van der Waals surface area contributed by atoms with Crippen molar-refractivity contribution in [1.29, 1.82) is 0 Å². The Morgan fingerprint density at radius 3 is 2.15 bits per heavy atom. The van der Waals surface area contributed by atoms with Crippen molar-refractivity contribution in [2.75, 3.05) is 6.54 Å². The number of Topliss-reactive ketones (excluding diaryl/α,β-unsaturated/α-hetero) is 1. The van der Waals surface area contributed by atoms with Crippen LogP contribution in [0.2, 0.25) is 0 Å². The van der Waals surface area contributed by atoms with Gasteiger partial charge in [0.25, 0.3) is 0 Å². The molecule has 0 aromatic heterocycles. The number of hydrogen-bond acceptors (Lipinski definition) is 4. The molecule has 0 radical (unpaired) electrons. The van der Waals surface area contributed by atoms with E-state index < -0.39 is 10.7 Å². The fraction of sp³-hybridized carbons (Fsp3) is 0.125. The van der Waals surface area contributed by atoms with Gasteiger partial charge < -0.3 is 5.73 Å². The van der Waals surface area contributed by atoms with Crippen LogP contribution in [0.15, 0.2) is 29.2 Å². The smallest absolute Gasteiger partial charge is 0.176 e. The maximum Gasteiger partial charge on any atom is 0.176 e. The van der Waals surface area contributed by atoms with Gasteiger partial charge in [-0.3, -0.25) is 4.79 Å². The summed E-state index contributed by atoms with van der Waals surface area (Å²) in [5, 5.41) is 0. The van der Waals surface area contributed by atoms with Gasteiger partial charge >= 0.3 is 0 Å². The van der Waals surface area contributed by atoms with Gasteiger partial charge in [0.05, 0.1) is 11.4 Å². The molecule has 1 rings (SSSR count). The second-order valence-corrected chi connectivity index (χ2v) is 3.46. The Kier molecular flexibility index (Phi) is 3.16. The third-order valence-corrected chi connectivity index (χ3v) is 2.31. The largest absolute Gasteiger partial charge is 0.324 e. The summed E-state index contributed by atoms with van der Waals surface area (Å²) in [6.07, 6.45) is 0. The van der Waals surface area contributed by atoms with E-state index in [1.165, 1.54) is 24.3 Å². The van der Waals surface area contributed by atoms with Crippen LogP contribution in [0, 0.1) is 0 Å². The lowest BCUT2D eigenvalue weighted by atomic mass is 10.1. The highest BCUT2D eigenvalue weighted by Crippen LogP contribution is 2.05. The standard InChI is InChI=1S/C8H9NO3S/c9-5-8(10)6-1-3-7(4-2-6)13(11)12/h1-4,13H,5,9H2. The number of carbonyl (C=O) groups is 1. The molecule has 0 saturated carbocycles. The molecular weight excluding hydrogens is 190 g/mol. The average Bonchev–Trinajstić information content (AvgIpc) is 2.17. The summed E-state index contributed by atoms with van der Waals surface area (Å²) in [7, 11) is -2.57. The van der Waals surface area contributed by atoms with E-state index in [0.717, 1.165) is 0 Å². The Morgan fingerprint density at radius 1 is 1.23 bits per heavy atom. The first kappa shape index (κ1) is 9.88. The van der Waals surface area contributed by atoms with Crippen molar-refractivity contribution < 1.29 is 13.2 Å². The highest BCUT2D eigenvalue weighted by Gasteiger charge is 2.02. The summed E-state index contributed by atoms with van der Waals surface area (Å²) in [4.78, 5) is 11.2. The molecule has 0 atom stereocenters. The zero-order chi connectivity index (χ0) is 9.84. The zero-order valence-electron chi connectivity index (χ0n) is 6.77. The van der Waals surface area contributed by atoms with Crippen molar-refractivity contribution in [2.45, 2.75) is 4.90 Å². The van der Waals surface area contributed by atoms with Gasteiger partial charge in [0.1, 0.15) is 0 Å². The molecule has 0 fully saturated rings.